The first-order chi connectivity index (χ1) is 15.8. The van der Waals surface area contributed by atoms with Gasteiger partial charge < -0.3 is 9.47 Å². The van der Waals surface area contributed by atoms with Crippen molar-refractivity contribution >= 4 is 74.5 Å². The number of carbonyl (C=O) groups excluding carboxylic acids is 1. The summed E-state index contributed by atoms with van der Waals surface area (Å²) in [5.74, 6) is 1.09. The number of hydrogen-bond acceptors (Lipinski definition) is 5. The van der Waals surface area contributed by atoms with Crippen LogP contribution in [0.2, 0.25) is 5.02 Å². The SMILES string of the molecule is COc1cc(/C=C2/SC(=S)N(n3c(C)ccc3C)C2=O)cc(I)c1OCc1ccc(Cl)cc1. The quantitative estimate of drug-likeness (QED) is 0.181. The Hall–Kier alpha value is -2.01. The highest BCUT2D eigenvalue weighted by Gasteiger charge is 2.34. The molecule has 3 aromatic rings. The molecule has 0 aliphatic carbocycles. The lowest BCUT2D eigenvalue weighted by Crippen LogP contribution is -2.39. The van der Waals surface area contributed by atoms with E-state index in [1.54, 1.807) is 12.1 Å². The number of rotatable bonds is 6. The number of nitrogens with zero attached hydrogens (tertiary/aromatic N) is 2. The summed E-state index contributed by atoms with van der Waals surface area (Å²) in [7, 11) is 1.60. The summed E-state index contributed by atoms with van der Waals surface area (Å²) in [6.45, 7) is 4.29. The number of thioether (sulfide) groups is 1. The highest BCUT2D eigenvalue weighted by Crippen LogP contribution is 2.38. The second-order valence-corrected chi connectivity index (χ2v) is 10.6. The molecule has 1 aliphatic heterocycles. The average molecular weight is 611 g/mol. The fraction of sp³-hybridized carbons (Fsp3) is 0.167. The highest BCUT2D eigenvalue weighted by molar-refractivity contribution is 14.1. The molecule has 0 radical (unpaired) electrons. The van der Waals surface area contributed by atoms with Crippen LogP contribution in [-0.4, -0.2) is 22.0 Å². The fourth-order valence-corrected chi connectivity index (χ4v) is 5.61. The zero-order valence-electron chi connectivity index (χ0n) is 18.1. The van der Waals surface area contributed by atoms with Gasteiger partial charge in [0.1, 0.15) is 6.61 Å². The largest absolute Gasteiger partial charge is 0.493 e. The molecule has 2 aromatic carbocycles. The number of aromatic nitrogens is 1. The number of halogens is 2. The van der Waals surface area contributed by atoms with E-state index < -0.39 is 0 Å². The van der Waals surface area contributed by atoms with Crippen LogP contribution in [0.4, 0.5) is 0 Å². The van der Waals surface area contributed by atoms with Gasteiger partial charge in [0, 0.05) is 16.4 Å². The molecule has 170 valence electrons. The predicted octanol–water partition coefficient (Wildman–Crippen LogP) is 6.49. The zero-order chi connectivity index (χ0) is 23.7. The lowest BCUT2D eigenvalue weighted by Gasteiger charge is -2.20. The van der Waals surface area contributed by atoms with E-state index in [4.69, 9.17) is 33.3 Å². The third-order valence-electron chi connectivity index (χ3n) is 5.05. The van der Waals surface area contributed by atoms with E-state index >= 15 is 0 Å². The van der Waals surface area contributed by atoms with Crippen LogP contribution in [0.15, 0.2) is 53.4 Å². The van der Waals surface area contributed by atoms with E-state index in [0.29, 0.717) is 32.4 Å². The molecule has 0 spiro atoms. The summed E-state index contributed by atoms with van der Waals surface area (Å²) >= 11 is 15.0. The van der Waals surface area contributed by atoms with Crippen LogP contribution in [0.25, 0.3) is 6.08 Å². The molecule has 2 heterocycles. The summed E-state index contributed by atoms with van der Waals surface area (Å²) in [6, 6.07) is 15.3. The molecule has 0 saturated carbocycles. The maximum atomic E-state index is 13.2. The average Bonchev–Trinajstić information content (AvgIpc) is 3.24. The number of benzene rings is 2. The molecule has 0 atom stereocenters. The van der Waals surface area contributed by atoms with Crippen molar-refractivity contribution in [2.45, 2.75) is 20.5 Å². The monoisotopic (exact) mass is 610 g/mol. The lowest BCUT2D eigenvalue weighted by molar-refractivity contribution is -0.114. The molecule has 0 N–H and O–H groups in total. The van der Waals surface area contributed by atoms with Crippen LogP contribution in [0.5, 0.6) is 11.5 Å². The molecule has 1 aliphatic rings. The summed E-state index contributed by atoms with van der Waals surface area (Å²) in [4.78, 5) is 13.7. The Balaban J connectivity index is 1.59. The number of thiocarbonyl (C=S) groups is 1. The van der Waals surface area contributed by atoms with E-state index in [0.717, 1.165) is 26.1 Å². The minimum Gasteiger partial charge on any atom is -0.493 e. The fourth-order valence-electron chi connectivity index (χ4n) is 3.46. The lowest BCUT2D eigenvalue weighted by atomic mass is 10.2. The minimum absolute atomic E-state index is 0.149. The van der Waals surface area contributed by atoms with Crippen molar-refractivity contribution < 1.29 is 14.3 Å². The molecule has 33 heavy (non-hydrogen) atoms. The molecule has 1 aromatic heterocycles. The van der Waals surface area contributed by atoms with Crippen molar-refractivity contribution in [3.8, 4) is 11.5 Å². The predicted molar refractivity (Wildman–Crippen MR) is 147 cm³/mol. The topological polar surface area (TPSA) is 43.7 Å². The van der Waals surface area contributed by atoms with Gasteiger partial charge in [0.15, 0.2) is 15.8 Å². The Labute approximate surface area is 220 Å². The third kappa shape index (κ3) is 5.08. The normalized spacial score (nSPS) is 14.9. The summed E-state index contributed by atoms with van der Waals surface area (Å²) in [5, 5.41) is 2.23. The maximum absolute atomic E-state index is 13.2. The first-order valence-corrected chi connectivity index (χ1v) is 12.6. The Morgan fingerprint density at radius 2 is 1.79 bits per heavy atom. The maximum Gasteiger partial charge on any atom is 0.285 e. The number of hydrogen-bond donors (Lipinski definition) is 0. The van der Waals surface area contributed by atoms with Crippen LogP contribution < -0.4 is 14.5 Å². The van der Waals surface area contributed by atoms with Gasteiger partial charge >= 0.3 is 0 Å². The molecule has 0 unspecified atom stereocenters. The van der Waals surface area contributed by atoms with Crippen molar-refractivity contribution in [2.24, 2.45) is 0 Å². The van der Waals surface area contributed by atoms with Gasteiger partial charge in [-0.15, -0.1) is 0 Å². The van der Waals surface area contributed by atoms with Gasteiger partial charge in [-0.1, -0.05) is 35.5 Å². The van der Waals surface area contributed by atoms with Crippen LogP contribution in [0, 0.1) is 17.4 Å². The highest BCUT2D eigenvalue weighted by atomic mass is 127. The Morgan fingerprint density at radius 3 is 2.42 bits per heavy atom. The minimum atomic E-state index is -0.149. The molecule has 0 bridgehead atoms. The number of aryl methyl sites for hydroxylation is 2. The van der Waals surface area contributed by atoms with Gasteiger partial charge in [0.2, 0.25) is 0 Å². The second-order valence-electron chi connectivity index (χ2n) is 7.37. The van der Waals surface area contributed by atoms with Crippen molar-refractivity contribution in [1.29, 1.82) is 0 Å². The van der Waals surface area contributed by atoms with Gasteiger partial charge in [-0.25, -0.2) is 0 Å². The summed E-state index contributed by atoms with van der Waals surface area (Å²) in [5.41, 5.74) is 3.73. The summed E-state index contributed by atoms with van der Waals surface area (Å²) in [6.07, 6.45) is 1.83. The number of ether oxygens (including phenoxy) is 2. The van der Waals surface area contributed by atoms with E-state index in [1.165, 1.54) is 11.8 Å². The molecule has 4 rings (SSSR count). The van der Waals surface area contributed by atoms with Gasteiger partial charge in [-0.2, -0.15) is 5.01 Å². The Kier molecular flexibility index (Phi) is 7.37. The van der Waals surface area contributed by atoms with E-state index in [1.807, 2.05) is 73.1 Å². The van der Waals surface area contributed by atoms with Crippen molar-refractivity contribution in [3.63, 3.8) is 0 Å². The molecular formula is C24H20ClIN2O3S2. The third-order valence-corrected chi connectivity index (χ3v) is 7.39. The molecule has 1 fully saturated rings. The standard InChI is InChI=1S/C24H20ClIN2O3S2/c1-14-4-5-15(2)27(14)28-23(29)21(33-24(28)32)12-17-10-19(26)22(20(11-17)30-3)31-13-16-6-8-18(25)9-7-16/h4-12H,13H2,1-3H3/b21-12+. The van der Waals surface area contributed by atoms with Gasteiger partial charge in [-0.3, -0.25) is 9.47 Å². The van der Waals surface area contributed by atoms with Crippen LogP contribution >= 0.6 is 58.2 Å². The van der Waals surface area contributed by atoms with E-state index in [2.05, 4.69) is 22.6 Å². The van der Waals surface area contributed by atoms with Gasteiger partial charge in [-0.05, 0) is 102 Å². The second kappa shape index (κ2) is 10.1. The first-order valence-electron chi connectivity index (χ1n) is 9.96. The molecule has 1 saturated heterocycles. The van der Waals surface area contributed by atoms with E-state index in [9.17, 15) is 4.79 Å². The van der Waals surface area contributed by atoms with Crippen molar-refractivity contribution in [1.82, 2.24) is 4.68 Å². The zero-order valence-corrected chi connectivity index (χ0v) is 22.6. The number of carbonyl (C=O) groups is 1. The number of amides is 1. The molecule has 9 heteroatoms. The van der Waals surface area contributed by atoms with Crippen molar-refractivity contribution in [3.05, 3.63) is 84.5 Å². The van der Waals surface area contributed by atoms with Gasteiger partial charge in [0.25, 0.3) is 5.91 Å². The first kappa shape index (κ1) is 24.1. The van der Waals surface area contributed by atoms with E-state index in [-0.39, 0.29) is 5.91 Å². The van der Waals surface area contributed by atoms with Gasteiger partial charge in [0.05, 0.1) is 15.6 Å². The summed E-state index contributed by atoms with van der Waals surface area (Å²) < 4.78 is 14.8. The van der Waals surface area contributed by atoms with Crippen LogP contribution in [-0.2, 0) is 11.4 Å². The molecule has 5 nitrogen and oxygen atoms in total. The number of methoxy groups -OCH3 is 1. The smallest absolute Gasteiger partial charge is 0.285 e. The van der Waals surface area contributed by atoms with Crippen LogP contribution in [0.3, 0.4) is 0 Å². The van der Waals surface area contributed by atoms with Crippen LogP contribution in [0.1, 0.15) is 22.5 Å². The van der Waals surface area contributed by atoms with Crippen molar-refractivity contribution in [2.75, 3.05) is 12.1 Å². The Bertz CT molecular complexity index is 1250. The Morgan fingerprint density at radius 1 is 1.12 bits per heavy atom. The molecular weight excluding hydrogens is 591 g/mol. The molecule has 1 amide bonds.